The predicted octanol–water partition coefficient (Wildman–Crippen LogP) is 3.79. The minimum absolute atomic E-state index is 0.287. The van der Waals surface area contributed by atoms with Crippen LogP contribution in [0.5, 0.6) is 0 Å². The monoisotopic (exact) mass is 319 g/mol. The number of nitrogens with one attached hydrogen (secondary N) is 1. The number of rotatable bonds is 5. The molecular formula is C16H18ClN3O2. The first kappa shape index (κ1) is 16.1. The summed E-state index contributed by atoms with van der Waals surface area (Å²) in [6, 6.07) is 14.8. The Morgan fingerprint density at radius 1 is 1.18 bits per heavy atom. The van der Waals surface area contributed by atoms with Crippen molar-refractivity contribution < 1.29 is 9.53 Å². The molecule has 2 aromatic carbocycles. The largest absolute Gasteiger partial charge is 0.449 e. The lowest BCUT2D eigenvalue weighted by molar-refractivity contribution is 0.160. The lowest BCUT2D eigenvalue weighted by Crippen LogP contribution is -2.37. The highest BCUT2D eigenvalue weighted by Crippen LogP contribution is 2.16. The summed E-state index contributed by atoms with van der Waals surface area (Å²) in [7, 11) is 0. The maximum atomic E-state index is 11.5. The third-order valence-corrected chi connectivity index (χ3v) is 3.27. The standard InChI is InChI=1S/C16H18ClN3O2/c1-2-22-16(21)20(18)15-9-3-12(4-10-15)11-19-14-7-5-13(17)6-8-14/h3-10,19H,2,11,18H2,1H3. The Labute approximate surface area is 134 Å². The molecule has 0 atom stereocenters. The number of amides is 1. The number of hydrazine groups is 1. The van der Waals surface area contributed by atoms with Gasteiger partial charge in [0.05, 0.1) is 12.3 Å². The van der Waals surface area contributed by atoms with E-state index in [4.69, 9.17) is 22.2 Å². The summed E-state index contributed by atoms with van der Waals surface area (Å²) >= 11 is 5.84. The average molecular weight is 320 g/mol. The van der Waals surface area contributed by atoms with Crippen LogP contribution in [-0.4, -0.2) is 12.7 Å². The number of ether oxygens (including phenoxy) is 1. The molecule has 0 bridgehead atoms. The highest BCUT2D eigenvalue weighted by atomic mass is 35.5. The van der Waals surface area contributed by atoms with Crippen LogP contribution in [-0.2, 0) is 11.3 Å². The number of nitrogens with zero attached hydrogens (tertiary/aromatic N) is 1. The number of halogens is 1. The molecule has 22 heavy (non-hydrogen) atoms. The van der Waals surface area contributed by atoms with Crippen molar-refractivity contribution in [3.05, 3.63) is 59.1 Å². The topological polar surface area (TPSA) is 67.6 Å². The summed E-state index contributed by atoms with van der Waals surface area (Å²) in [5.74, 6) is 5.68. The van der Waals surface area contributed by atoms with Crippen molar-refractivity contribution in [3.63, 3.8) is 0 Å². The third kappa shape index (κ3) is 4.38. The van der Waals surface area contributed by atoms with Gasteiger partial charge in [0.2, 0.25) is 0 Å². The van der Waals surface area contributed by atoms with E-state index in [1.54, 1.807) is 19.1 Å². The van der Waals surface area contributed by atoms with Gasteiger partial charge < -0.3 is 10.1 Å². The maximum Gasteiger partial charge on any atom is 0.428 e. The molecule has 0 heterocycles. The molecule has 0 fully saturated rings. The molecule has 0 aliphatic rings. The maximum absolute atomic E-state index is 11.5. The van der Waals surface area contributed by atoms with Gasteiger partial charge in [0, 0.05) is 17.3 Å². The Hall–Kier alpha value is -2.24. The van der Waals surface area contributed by atoms with Gasteiger partial charge >= 0.3 is 6.09 Å². The van der Waals surface area contributed by atoms with E-state index in [0.717, 1.165) is 16.3 Å². The fourth-order valence-corrected chi connectivity index (χ4v) is 1.97. The molecule has 0 radical (unpaired) electrons. The van der Waals surface area contributed by atoms with Gasteiger partial charge in [0.15, 0.2) is 0 Å². The first-order chi connectivity index (χ1) is 10.6. The number of nitrogens with two attached hydrogens (primary N) is 1. The van der Waals surface area contributed by atoms with Crippen LogP contribution >= 0.6 is 11.6 Å². The van der Waals surface area contributed by atoms with Crippen molar-refractivity contribution in [2.24, 2.45) is 5.84 Å². The van der Waals surface area contributed by atoms with Crippen LogP contribution < -0.4 is 16.2 Å². The van der Waals surface area contributed by atoms with Gasteiger partial charge in [-0.3, -0.25) is 0 Å². The molecule has 2 aromatic rings. The number of anilines is 2. The van der Waals surface area contributed by atoms with Gasteiger partial charge in [-0.1, -0.05) is 23.7 Å². The van der Waals surface area contributed by atoms with Crippen molar-refractivity contribution in [2.45, 2.75) is 13.5 Å². The van der Waals surface area contributed by atoms with Crippen LogP contribution in [0.2, 0.25) is 5.02 Å². The zero-order valence-electron chi connectivity index (χ0n) is 12.3. The van der Waals surface area contributed by atoms with E-state index in [0.29, 0.717) is 17.3 Å². The zero-order valence-corrected chi connectivity index (χ0v) is 13.0. The van der Waals surface area contributed by atoms with E-state index in [9.17, 15) is 4.79 Å². The summed E-state index contributed by atoms with van der Waals surface area (Å²) in [6.07, 6.45) is -0.575. The predicted molar refractivity (Wildman–Crippen MR) is 88.9 cm³/mol. The average Bonchev–Trinajstić information content (AvgIpc) is 2.54. The van der Waals surface area contributed by atoms with Gasteiger partial charge in [0.1, 0.15) is 0 Å². The fourth-order valence-electron chi connectivity index (χ4n) is 1.84. The quantitative estimate of drug-likeness (QED) is 0.500. The SMILES string of the molecule is CCOC(=O)N(N)c1ccc(CNc2ccc(Cl)cc2)cc1. The van der Waals surface area contributed by atoms with Crippen LogP contribution in [0.4, 0.5) is 16.2 Å². The van der Waals surface area contributed by atoms with Crippen molar-refractivity contribution in [1.82, 2.24) is 0 Å². The Morgan fingerprint density at radius 2 is 1.82 bits per heavy atom. The van der Waals surface area contributed by atoms with Gasteiger partial charge in [-0.15, -0.1) is 0 Å². The van der Waals surface area contributed by atoms with Crippen molar-refractivity contribution in [1.29, 1.82) is 0 Å². The second-order valence-corrected chi connectivity index (χ2v) is 5.03. The van der Waals surface area contributed by atoms with Crippen molar-refractivity contribution in [2.75, 3.05) is 16.9 Å². The van der Waals surface area contributed by atoms with E-state index < -0.39 is 6.09 Å². The third-order valence-electron chi connectivity index (χ3n) is 3.02. The van der Waals surface area contributed by atoms with E-state index in [1.807, 2.05) is 36.4 Å². The lowest BCUT2D eigenvalue weighted by atomic mass is 10.2. The number of hydrogen-bond acceptors (Lipinski definition) is 4. The first-order valence-corrected chi connectivity index (χ1v) is 7.28. The van der Waals surface area contributed by atoms with Crippen LogP contribution in [0.15, 0.2) is 48.5 Å². The molecular weight excluding hydrogens is 302 g/mol. The molecule has 0 saturated heterocycles. The molecule has 0 saturated carbocycles. The second kappa shape index (κ2) is 7.68. The lowest BCUT2D eigenvalue weighted by Gasteiger charge is -2.16. The molecule has 2 rings (SSSR count). The van der Waals surface area contributed by atoms with Gasteiger partial charge in [0.25, 0.3) is 0 Å². The van der Waals surface area contributed by atoms with E-state index in [-0.39, 0.29) is 6.61 Å². The fraction of sp³-hybridized carbons (Fsp3) is 0.188. The summed E-state index contributed by atoms with van der Waals surface area (Å²) in [6.45, 7) is 2.68. The Balaban J connectivity index is 1.94. The van der Waals surface area contributed by atoms with Gasteiger partial charge in [-0.05, 0) is 48.9 Å². The summed E-state index contributed by atoms with van der Waals surface area (Å²) < 4.78 is 4.84. The molecule has 0 spiro atoms. The van der Waals surface area contributed by atoms with Gasteiger partial charge in [-0.2, -0.15) is 0 Å². The van der Waals surface area contributed by atoms with Crippen LogP contribution in [0.1, 0.15) is 12.5 Å². The number of carbonyl (C=O) groups excluding carboxylic acids is 1. The minimum atomic E-state index is -0.575. The first-order valence-electron chi connectivity index (χ1n) is 6.90. The van der Waals surface area contributed by atoms with E-state index in [2.05, 4.69) is 5.32 Å². The number of hydrogen-bond donors (Lipinski definition) is 2. The summed E-state index contributed by atoms with van der Waals surface area (Å²) in [4.78, 5) is 11.5. The van der Waals surface area contributed by atoms with Crippen LogP contribution in [0.25, 0.3) is 0 Å². The number of benzene rings is 2. The molecule has 3 N–H and O–H groups in total. The molecule has 6 heteroatoms. The molecule has 1 amide bonds. The highest BCUT2D eigenvalue weighted by Gasteiger charge is 2.11. The molecule has 0 aliphatic carbocycles. The molecule has 0 unspecified atom stereocenters. The Bertz CT molecular complexity index is 614. The smallest absolute Gasteiger partial charge is 0.428 e. The van der Waals surface area contributed by atoms with Crippen LogP contribution in [0, 0.1) is 0 Å². The Morgan fingerprint density at radius 3 is 2.41 bits per heavy atom. The summed E-state index contributed by atoms with van der Waals surface area (Å²) in [5.41, 5.74) is 2.63. The normalized spacial score (nSPS) is 10.1. The molecule has 0 aromatic heterocycles. The summed E-state index contributed by atoms with van der Waals surface area (Å²) in [5, 5.41) is 4.98. The minimum Gasteiger partial charge on any atom is -0.449 e. The zero-order chi connectivity index (χ0) is 15.9. The molecule has 116 valence electrons. The van der Waals surface area contributed by atoms with Crippen LogP contribution in [0.3, 0.4) is 0 Å². The second-order valence-electron chi connectivity index (χ2n) is 4.60. The molecule has 5 nitrogen and oxygen atoms in total. The van der Waals surface area contributed by atoms with E-state index in [1.165, 1.54) is 0 Å². The Kier molecular flexibility index (Phi) is 5.63. The van der Waals surface area contributed by atoms with Crippen molar-refractivity contribution >= 4 is 29.1 Å². The highest BCUT2D eigenvalue weighted by molar-refractivity contribution is 6.30. The van der Waals surface area contributed by atoms with Gasteiger partial charge in [-0.25, -0.2) is 15.6 Å². The van der Waals surface area contributed by atoms with Crippen molar-refractivity contribution in [3.8, 4) is 0 Å². The van der Waals surface area contributed by atoms with E-state index >= 15 is 0 Å². The number of carbonyl (C=O) groups is 1. The molecule has 0 aliphatic heterocycles.